The molecule has 0 aliphatic rings. The van der Waals surface area contributed by atoms with E-state index in [1.165, 1.54) is 39.9 Å². The molecule has 7 nitrogen and oxygen atoms in total. The normalized spacial score (nSPS) is 11.7. The first kappa shape index (κ1) is 22.8. The number of benzene rings is 1. The van der Waals surface area contributed by atoms with E-state index in [1.807, 2.05) is 13.8 Å². The van der Waals surface area contributed by atoms with Crippen molar-refractivity contribution in [3.63, 3.8) is 0 Å². The second-order valence-electron chi connectivity index (χ2n) is 6.10. The molecular weight excluding hydrogens is 416 g/mol. The van der Waals surface area contributed by atoms with E-state index in [0.29, 0.717) is 23.8 Å². The molecule has 0 aliphatic carbocycles. The van der Waals surface area contributed by atoms with E-state index in [9.17, 15) is 13.2 Å². The van der Waals surface area contributed by atoms with Crippen LogP contribution in [0.15, 0.2) is 33.5 Å². The average molecular weight is 443 g/mol. The van der Waals surface area contributed by atoms with Gasteiger partial charge in [-0.15, -0.1) is 10.2 Å². The smallest absolute Gasteiger partial charge is 0.257 e. The molecule has 1 heterocycles. The first-order chi connectivity index (χ1) is 13.4. The number of carbonyl (C=O) groups excluding carboxylic acids is 1. The van der Waals surface area contributed by atoms with Crippen LogP contribution in [-0.4, -0.2) is 47.7 Å². The molecule has 0 atom stereocenters. The molecule has 1 amide bonds. The molecule has 1 aromatic heterocycles. The molecule has 0 fully saturated rings. The summed E-state index contributed by atoms with van der Waals surface area (Å²) in [7, 11) is -3.55. The number of thioether (sulfide) groups is 1. The summed E-state index contributed by atoms with van der Waals surface area (Å²) in [6.07, 6.45) is 2.54. The Labute approximate surface area is 175 Å². The number of nitrogens with zero attached hydrogens (tertiary/aromatic N) is 3. The second-order valence-corrected chi connectivity index (χ2v) is 10.4. The third-order valence-corrected chi connectivity index (χ3v) is 7.85. The summed E-state index contributed by atoms with van der Waals surface area (Å²) in [5.41, 5.74) is 0.370. The molecule has 154 valence electrons. The Balaban J connectivity index is 2.08. The van der Waals surface area contributed by atoms with Gasteiger partial charge in [0.05, 0.1) is 4.90 Å². The fourth-order valence-electron chi connectivity index (χ4n) is 2.46. The van der Waals surface area contributed by atoms with Gasteiger partial charge in [-0.25, -0.2) is 8.42 Å². The van der Waals surface area contributed by atoms with Gasteiger partial charge in [0.1, 0.15) is 0 Å². The van der Waals surface area contributed by atoms with Gasteiger partial charge < -0.3 is 0 Å². The van der Waals surface area contributed by atoms with Crippen LogP contribution in [0.3, 0.4) is 0 Å². The Hall–Kier alpha value is -1.49. The molecule has 10 heteroatoms. The highest BCUT2D eigenvalue weighted by Crippen LogP contribution is 2.26. The highest BCUT2D eigenvalue weighted by atomic mass is 32.2. The van der Waals surface area contributed by atoms with E-state index in [4.69, 9.17) is 0 Å². The van der Waals surface area contributed by atoms with E-state index in [2.05, 4.69) is 22.4 Å². The van der Waals surface area contributed by atoms with Crippen molar-refractivity contribution in [1.82, 2.24) is 14.5 Å². The summed E-state index contributed by atoms with van der Waals surface area (Å²) in [4.78, 5) is 12.6. The first-order valence-electron chi connectivity index (χ1n) is 9.30. The van der Waals surface area contributed by atoms with E-state index < -0.39 is 10.0 Å². The Morgan fingerprint density at radius 1 is 1.07 bits per heavy atom. The monoisotopic (exact) mass is 442 g/mol. The van der Waals surface area contributed by atoms with Gasteiger partial charge in [-0.2, -0.15) is 4.31 Å². The van der Waals surface area contributed by atoms with Crippen molar-refractivity contribution >= 4 is 44.2 Å². The second kappa shape index (κ2) is 10.9. The SMILES string of the molecule is CCCSc1nnc(NC(=O)c2ccc(S(=O)(=O)N(CCC)CCC)cc2)s1. The average Bonchev–Trinajstić information content (AvgIpc) is 3.13. The van der Waals surface area contributed by atoms with Crippen LogP contribution < -0.4 is 5.32 Å². The van der Waals surface area contributed by atoms with Crippen molar-refractivity contribution in [2.75, 3.05) is 24.2 Å². The highest BCUT2D eigenvalue weighted by molar-refractivity contribution is 8.01. The van der Waals surface area contributed by atoms with Crippen LogP contribution in [0.5, 0.6) is 0 Å². The summed E-state index contributed by atoms with van der Waals surface area (Å²) >= 11 is 2.93. The Kier molecular flexibility index (Phi) is 8.87. The number of aromatic nitrogens is 2. The standard InChI is InChI=1S/C18H26N4O3S3/c1-4-11-22(12-5-2)28(24,25)15-9-7-14(8-10-15)16(23)19-17-20-21-18(27-17)26-13-6-3/h7-10H,4-6,11-13H2,1-3H3,(H,19,20,23). The molecule has 28 heavy (non-hydrogen) atoms. The van der Waals surface area contributed by atoms with Crippen molar-refractivity contribution in [2.24, 2.45) is 0 Å². The maximum atomic E-state index is 12.8. The molecule has 0 spiro atoms. The van der Waals surface area contributed by atoms with E-state index in [-0.39, 0.29) is 10.8 Å². The number of anilines is 1. The summed E-state index contributed by atoms with van der Waals surface area (Å²) < 4.78 is 27.9. The summed E-state index contributed by atoms with van der Waals surface area (Å²) in [6.45, 7) is 6.95. The molecule has 0 saturated heterocycles. The van der Waals surface area contributed by atoms with Gasteiger partial charge in [-0.05, 0) is 43.5 Å². The summed E-state index contributed by atoms with van der Waals surface area (Å²) in [5, 5.41) is 11.1. The van der Waals surface area contributed by atoms with Crippen LogP contribution in [0.25, 0.3) is 0 Å². The van der Waals surface area contributed by atoms with Crippen molar-refractivity contribution in [1.29, 1.82) is 0 Å². The molecule has 0 aliphatic heterocycles. The first-order valence-corrected chi connectivity index (χ1v) is 12.5. The molecule has 0 radical (unpaired) electrons. The maximum Gasteiger partial charge on any atom is 0.257 e. The quantitative estimate of drug-likeness (QED) is 0.416. The maximum absolute atomic E-state index is 12.8. The van der Waals surface area contributed by atoms with Gasteiger partial charge in [0.15, 0.2) is 4.34 Å². The lowest BCUT2D eigenvalue weighted by Crippen LogP contribution is -2.32. The Morgan fingerprint density at radius 3 is 2.29 bits per heavy atom. The van der Waals surface area contributed by atoms with E-state index >= 15 is 0 Å². The molecule has 0 saturated carbocycles. The summed E-state index contributed by atoms with van der Waals surface area (Å²) in [5.74, 6) is 0.608. The molecule has 0 bridgehead atoms. The minimum Gasteiger partial charge on any atom is -0.296 e. The van der Waals surface area contributed by atoms with Gasteiger partial charge in [-0.1, -0.05) is 43.9 Å². The molecule has 1 aromatic carbocycles. The summed E-state index contributed by atoms with van der Waals surface area (Å²) in [6, 6.07) is 5.99. The third-order valence-electron chi connectivity index (χ3n) is 3.76. The van der Waals surface area contributed by atoms with Crippen molar-refractivity contribution in [3.05, 3.63) is 29.8 Å². The fourth-order valence-corrected chi connectivity index (χ4v) is 5.75. The lowest BCUT2D eigenvalue weighted by molar-refractivity contribution is 0.102. The zero-order valence-electron chi connectivity index (χ0n) is 16.3. The van der Waals surface area contributed by atoms with Gasteiger partial charge in [-0.3, -0.25) is 10.1 Å². The van der Waals surface area contributed by atoms with Crippen LogP contribution in [0.1, 0.15) is 50.4 Å². The lowest BCUT2D eigenvalue weighted by atomic mass is 10.2. The zero-order chi connectivity index (χ0) is 20.6. The van der Waals surface area contributed by atoms with Crippen molar-refractivity contribution < 1.29 is 13.2 Å². The predicted molar refractivity (Wildman–Crippen MR) is 115 cm³/mol. The van der Waals surface area contributed by atoms with Crippen molar-refractivity contribution in [3.8, 4) is 0 Å². The minimum absolute atomic E-state index is 0.195. The fraction of sp³-hybridized carbons (Fsp3) is 0.500. The molecule has 2 aromatic rings. The van der Waals surface area contributed by atoms with Crippen LogP contribution in [0.2, 0.25) is 0 Å². The number of hydrogen-bond acceptors (Lipinski definition) is 7. The van der Waals surface area contributed by atoms with Crippen LogP contribution in [-0.2, 0) is 10.0 Å². The Bertz CT molecular complexity index is 860. The van der Waals surface area contributed by atoms with Crippen LogP contribution >= 0.6 is 23.1 Å². The van der Waals surface area contributed by atoms with E-state index in [1.54, 1.807) is 11.8 Å². The van der Waals surface area contributed by atoms with Gasteiger partial charge in [0.25, 0.3) is 5.91 Å². The van der Waals surface area contributed by atoms with Crippen LogP contribution in [0.4, 0.5) is 5.13 Å². The molecule has 1 N–H and O–H groups in total. The number of amides is 1. The topological polar surface area (TPSA) is 92.3 Å². The third kappa shape index (κ3) is 6.00. The number of carbonyl (C=O) groups is 1. The minimum atomic E-state index is -3.55. The van der Waals surface area contributed by atoms with Crippen LogP contribution in [0, 0.1) is 0 Å². The highest BCUT2D eigenvalue weighted by Gasteiger charge is 2.23. The lowest BCUT2D eigenvalue weighted by Gasteiger charge is -2.21. The van der Waals surface area contributed by atoms with E-state index in [0.717, 1.165) is 29.4 Å². The number of hydrogen-bond donors (Lipinski definition) is 1. The molecular formula is C18H26N4O3S3. The van der Waals surface area contributed by atoms with Gasteiger partial charge in [0, 0.05) is 24.4 Å². The largest absolute Gasteiger partial charge is 0.296 e. The number of nitrogens with one attached hydrogen (secondary N) is 1. The zero-order valence-corrected chi connectivity index (χ0v) is 18.8. The van der Waals surface area contributed by atoms with Gasteiger partial charge >= 0.3 is 0 Å². The molecule has 2 rings (SSSR count). The number of sulfonamides is 1. The Morgan fingerprint density at radius 2 is 1.71 bits per heavy atom. The van der Waals surface area contributed by atoms with Gasteiger partial charge in [0.2, 0.25) is 15.2 Å². The number of rotatable bonds is 11. The predicted octanol–water partition coefficient (Wildman–Crippen LogP) is 4.10. The van der Waals surface area contributed by atoms with Crippen molar-refractivity contribution in [2.45, 2.75) is 49.3 Å². The molecule has 0 unspecified atom stereocenters.